The molecule has 0 N–H and O–H groups in total. The van der Waals surface area contributed by atoms with Crippen LogP contribution in [0, 0.1) is 0 Å². The molecule has 5 rings (SSSR count). The number of benzene rings is 1. The summed E-state index contributed by atoms with van der Waals surface area (Å²) in [5.41, 5.74) is 2.45. The van der Waals surface area contributed by atoms with Crippen molar-refractivity contribution in [2.45, 2.75) is 69.7 Å². The van der Waals surface area contributed by atoms with Gasteiger partial charge in [-0.3, -0.25) is 9.58 Å². The number of piperidine rings is 1. The highest BCUT2D eigenvalue weighted by Gasteiger charge is 2.60. The highest BCUT2D eigenvalue weighted by Crippen LogP contribution is 2.47. The number of aryl methyl sites for hydroxylation is 1. The Labute approximate surface area is 238 Å². The predicted octanol–water partition coefficient (Wildman–Crippen LogP) is 5.14. The predicted molar refractivity (Wildman–Crippen MR) is 149 cm³/mol. The van der Waals surface area contributed by atoms with E-state index in [4.69, 9.17) is 14.2 Å². The zero-order valence-corrected chi connectivity index (χ0v) is 24.2. The molecule has 0 unspecified atom stereocenters. The fourth-order valence-electron chi connectivity index (χ4n) is 5.63. The van der Waals surface area contributed by atoms with Gasteiger partial charge < -0.3 is 19.1 Å². The SMILES string of the molecule is COCOc1cc(-c2cnn(C)c2)ccc1-c1ccc(N(C)[C@H]2C[C@@H]3CC(F)(F)[C@H](C2)N3C(=O)OC(C)(C)C)nn1. The lowest BCUT2D eigenvalue weighted by atomic mass is 9.96. The number of amides is 1. The highest BCUT2D eigenvalue weighted by molar-refractivity contribution is 5.74. The molecule has 0 radical (unpaired) electrons. The minimum atomic E-state index is -2.98. The van der Waals surface area contributed by atoms with E-state index in [-0.39, 0.29) is 25.7 Å². The van der Waals surface area contributed by atoms with Crippen molar-refractivity contribution < 1.29 is 27.8 Å². The third-order valence-electron chi connectivity index (χ3n) is 7.56. The first-order chi connectivity index (χ1) is 19.4. The molecule has 2 saturated heterocycles. The molecule has 41 heavy (non-hydrogen) atoms. The molecule has 3 aromatic rings. The summed E-state index contributed by atoms with van der Waals surface area (Å²) in [6.07, 6.45) is 3.13. The number of hydrogen-bond acceptors (Lipinski definition) is 8. The molecule has 2 aromatic heterocycles. The van der Waals surface area contributed by atoms with Gasteiger partial charge in [0.2, 0.25) is 0 Å². The van der Waals surface area contributed by atoms with Gasteiger partial charge in [-0.2, -0.15) is 5.10 Å². The molecule has 2 bridgehead atoms. The van der Waals surface area contributed by atoms with Gasteiger partial charge in [0, 0.05) is 57.0 Å². The average molecular weight is 571 g/mol. The number of carbonyl (C=O) groups excluding carboxylic acids is 1. The van der Waals surface area contributed by atoms with Gasteiger partial charge in [-0.25, -0.2) is 13.6 Å². The summed E-state index contributed by atoms with van der Waals surface area (Å²) in [4.78, 5) is 15.9. The second-order valence-electron chi connectivity index (χ2n) is 11.7. The topological polar surface area (TPSA) is 94.8 Å². The Balaban J connectivity index is 1.34. The van der Waals surface area contributed by atoms with E-state index in [1.54, 1.807) is 38.8 Å². The number of fused-ring (bicyclic) bond motifs is 2. The zero-order valence-electron chi connectivity index (χ0n) is 24.2. The van der Waals surface area contributed by atoms with E-state index < -0.39 is 29.7 Å². The lowest BCUT2D eigenvalue weighted by Gasteiger charge is -2.42. The molecule has 2 fully saturated rings. The molecule has 220 valence electrons. The zero-order chi connectivity index (χ0) is 29.5. The molecular weight excluding hydrogens is 534 g/mol. The maximum Gasteiger partial charge on any atom is 0.411 e. The second kappa shape index (κ2) is 10.9. The molecule has 2 aliphatic heterocycles. The molecular formula is C29H36F2N6O4. The maximum absolute atomic E-state index is 15.0. The summed E-state index contributed by atoms with van der Waals surface area (Å²) >= 11 is 0. The summed E-state index contributed by atoms with van der Waals surface area (Å²) in [6.45, 7) is 5.26. The fraction of sp³-hybridized carbons (Fsp3) is 0.517. The molecule has 3 atom stereocenters. The number of carbonyl (C=O) groups is 1. The van der Waals surface area contributed by atoms with Crippen molar-refractivity contribution >= 4 is 11.9 Å². The van der Waals surface area contributed by atoms with E-state index in [9.17, 15) is 13.6 Å². The summed E-state index contributed by atoms with van der Waals surface area (Å²) in [6, 6.07) is 7.34. The van der Waals surface area contributed by atoms with Gasteiger partial charge in [0.05, 0.1) is 11.9 Å². The number of nitrogens with zero attached hydrogens (tertiary/aromatic N) is 6. The largest absolute Gasteiger partial charge is 0.467 e. The van der Waals surface area contributed by atoms with E-state index >= 15 is 0 Å². The summed E-state index contributed by atoms with van der Waals surface area (Å²) in [7, 11) is 5.23. The molecule has 1 aromatic carbocycles. The van der Waals surface area contributed by atoms with Crippen LogP contribution in [0.15, 0.2) is 42.7 Å². The quantitative estimate of drug-likeness (QED) is 0.361. The standard InChI is InChI=1S/C29H36F2N6O4/c1-28(2,3)41-27(38)37-21-12-20(13-25(37)29(30,31)14-21)36(5)26-10-9-23(33-34-26)22-8-7-18(11-24(22)40-17-39-6)19-15-32-35(4)16-19/h7-11,15-16,20-21,25H,12-14,17H2,1-6H3/t20-,21+,25-/m0/s1. The van der Waals surface area contributed by atoms with Crippen LogP contribution in [0.1, 0.15) is 40.0 Å². The minimum absolute atomic E-state index is 0.0622. The van der Waals surface area contributed by atoms with Gasteiger partial charge >= 0.3 is 6.09 Å². The summed E-state index contributed by atoms with van der Waals surface area (Å²) in [5, 5.41) is 13.1. The summed E-state index contributed by atoms with van der Waals surface area (Å²) < 4.78 is 48.1. The third-order valence-corrected chi connectivity index (χ3v) is 7.56. The van der Waals surface area contributed by atoms with Gasteiger partial charge in [0.15, 0.2) is 12.6 Å². The Morgan fingerprint density at radius 1 is 1.15 bits per heavy atom. The van der Waals surface area contributed by atoms with Crippen molar-refractivity contribution in [3.8, 4) is 28.1 Å². The van der Waals surface area contributed by atoms with Gasteiger partial charge in [-0.1, -0.05) is 6.07 Å². The van der Waals surface area contributed by atoms with Gasteiger partial charge in [-0.15, -0.1) is 10.2 Å². The molecule has 0 aliphatic carbocycles. The fourth-order valence-corrected chi connectivity index (χ4v) is 5.63. The van der Waals surface area contributed by atoms with Crippen LogP contribution < -0.4 is 9.64 Å². The lowest BCUT2D eigenvalue weighted by molar-refractivity contribution is -0.0492. The number of halogens is 2. The van der Waals surface area contributed by atoms with E-state index in [0.717, 1.165) is 16.7 Å². The minimum Gasteiger partial charge on any atom is -0.467 e. The van der Waals surface area contributed by atoms with Gasteiger partial charge in [0.25, 0.3) is 5.92 Å². The third kappa shape index (κ3) is 5.97. The second-order valence-corrected chi connectivity index (χ2v) is 11.7. The summed E-state index contributed by atoms with van der Waals surface area (Å²) in [5.74, 6) is -1.84. The molecule has 12 heteroatoms. The van der Waals surface area contributed by atoms with Crippen molar-refractivity contribution in [1.82, 2.24) is 24.9 Å². The number of alkyl halides is 2. The van der Waals surface area contributed by atoms with Crippen LogP contribution in [0.3, 0.4) is 0 Å². The Kier molecular flexibility index (Phi) is 7.62. The van der Waals surface area contributed by atoms with Gasteiger partial charge in [-0.05, 0) is 63.4 Å². The van der Waals surface area contributed by atoms with Crippen molar-refractivity contribution in [2.24, 2.45) is 7.05 Å². The first-order valence-electron chi connectivity index (χ1n) is 13.6. The molecule has 4 heterocycles. The number of hydrogen-bond donors (Lipinski definition) is 0. The van der Waals surface area contributed by atoms with Crippen LogP contribution in [0.25, 0.3) is 22.4 Å². The van der Waals surface area contributed by atoms with Crippen molar-refractivity contribution in [3.05, 3.63) is 42.7 Å². The normalized spacial score (nSPS) is 21.6. The Bertz CT molecular complexity index is 1390. The van der Waals surface area contributed by atoms with Crippen LogP contribution in [-0.4, -0.2) is 81.6 Å². The van der Waals surface area contributed by atoms with E-state index in [0.29, 0.717) is 23.7 Å². The van der Waals surface area contributed by atoms with E-state index in [2.05, 4.69) is 15.3 Å². The van der Waals surface area contributed by atoms with Crippen LogP contribution in [0.2, 0.25) is 0 Å². The van der Waals surface area contributed by atoms with Crippen LogP contribution in [-0.2, 0) is 16.5 Å². The molecule has 0 spiro atoms. The van der Waals surface area contributed by atoms with Crippen molar-refractivity contribution in [3.63, 3.8) is 0 Å². The highest BCUT2D eigenvalue weighted by atomic mass is 19.3. The van der Waals surface area contributed by atoms with Crippen LogP contribution in [0.4, 0.5) is 19.4 Å². The smallest absolute Gasteiger partial charge is 0.411 e. The van der Waals surface area contributed by atoms with Crippen LogP contribution >= 0.6 is 0 Å². The number of rotatable bonds is 7. The monoisotopic (exact) mass is 570 g/mol. The maximum atomic E-state index is 15.0. The Morgan fingerprint density at radius 3 is 2.54 bits per heavy atom. The molecule has 0 saturated carbocycles. The van der Waals surface area contributed by atoms with Crippen molar-refractivity contribution in [2.75, 3.05) is 25.9 Å². The molecule has 1 amide bonds. The first-order valence-corrected chi connectivity index (χ1v) is 13.6. The van der Waals surface area contributed by atoms with Crippen LogP contribution in [0.5, 0.6) is 5.75 Å². The number of aromatic nitrogens is 4. The number of methoxy groups -OCH3 is 1. The van der Waals surface area contributed by atoms with Gasteiger partial charge in [0.1, 0.15) is 17.4 Å². The average Bonchev–Trinajstić information content (AvgIpc) is 3.42. The first kappa shape index (κ1) is 28.7. The number of ether oxygens (including phenoxy) is 3. The van der Waals surface area contributed by atoms with Crippen molar-refractivity contribution in [1.29, 1.82) is 0 Å². The Morgan fingerprint density at radius 2 is 1.93 bits per heavy atom. The Hall–Kier alpha value is -3.80. The molecule has 10 nitrogen and oxygen atoms in total. The van der Waals surface area contributed by atoms with E-state index in [1.807, 2.05) is 55.5 Å². The molecule has 2 aliphatic rings. The van der Waals surface area contributed by atoms with E-state index in [1.165, 1.54) is 4.90 Å². The lowest BCUT2D eigenvalue weighted by Crippen LogP contribution is -2.55. The number of anilines is 1.